The molecule has 6 N–H and O–H groups in total. The highest BCUT2D eigenvalue weighted by atomic mass is 35.5. The maximum Gasteiger partial charge on any atom is 0.322 e. The Balaban J connectivity index is 0.000000461. The van der Waals surface area contributed by atoms with Crippen LogP contribution in [0.3, 0.4) is 0 Å². The van der Waals surface area contributed by atoms with Crippen LogP contribution < -0.4 is 10.6 Å². The summed E-state index contributed by atoms with van der Waals surface area (Å²) in [6, 6.07) is 9.51. The third-order valence-corrected chi connectivity index (χ3v) is 8.73. The van der Waals surface area contributed by atoms with Gasteiger partial charge in [-0.1, -0.05) is 64.0 Å². The third-order valence-electron chi connectivity index (χ3n) is 8.26. The molecular weight excluding hydrogens is 667 g/mol. The van der Waals surface area contributed by atoms with Gasteiger partial charge >= 0.3 is 11.9 Å². The van der Waals surface area contributed by atoms with Crippen LogP contribution in [-0.4, -0.2) is 68.8 Å². The Morgan fingerprint density at radius 1 is 0.667 bits per heavy atom. The van der Waals surface area contributed by atoms with Gasteiger partial charge in [0.1, 0.15) is 35.8 Å². The Hall–Kier alpha value is -4.68. The van der Waals surface area contributed by atoms with Gasteiger partial charge in [0.05, 0.1) is 10.8 Å². The van der Waals surface area contributed by atoms with Crippen LogP contribution in [0.1, 0.15) is 77.6 Å². The molecule has 2 atom stereocenters. The van der Waals surface area contributed by atoms with Crippen molar-refractivity contribution in [2.75, 3.05) is 13.1 Å². The molecule has 2 aromatic carbocycles. The molecule has 0 bridgehead atoms. The van der Waals surface area contributed by atoms with Crippen molar-refractivity contribution >= 4 is 70.0 Å². The number of carboxylic acid groups (broad SMARTS) is 2. The second-order valence-electron chi connectivity index (χ2n) is 11.0. The molecule has 0 spiro atoms. The summed E-state index contributed by atoms with van der Waals surface area (Å²) in [6.45, 7) is 5.66. The fourth-order valence-electron chi connectivity index (χ4n) is 5.28. The van der Waals surface area contributed by atoms with Gasteiger partial charge in [0, 0.05) is 21.2 Å². The molecule has 0 heterocycles. The normalized spacial score (nSPS) is 19.4. The van der Waals surface area contributed by atoms with Crippen LogP contribution in [0.4, 0.5) is 0 Å². The van der Waals surface area contributed by atoms with Gasteiger partial charge in [0.25, 0.3) is 11.8 Å². The number of halogens is 2. The number of carboxylic acids is 2. The number of aliphatic hydroxyl groups is 2. The summed E-state index contributed by atoms with van der Waals surface area (Å²) in [5.41, 5.74) is -1.09. The van der Waals surface area contributed by atoms with Crippen LogP contribution in [0.15, 0.2) is 47.5 Å². The first-order valence-electron chi connectivity index (χ1n) is 14.0. The Bertz CT molecular complexity index is 1610. The van der Waals surface area contributed by atoms with Crippen LogP contribution in [0.5, 0.6) is 0 Å². The van der Waals surface area contributed by atoms with E-state index >= 15 is 0 Å². The number of hydrogen-bond acceptors (Lipinski definition) is 8. The minimum atomic E-state index is -1.25. The number of Topliss-reactive ketones (excluding diaryl/α,β-unsaturated/α-hetero) is 2. The van der Waals surface area contributed by atoms with Crippen molar-refractivity contribution in [1.82, 2.24) is 10.6 Å². The zero-order chi connectivity index (χ0) is 34.7. The van der Waals surface area contributed by atoms with Gasteiger partial charge in [-0.2, -0.15) is 0 Å². The van der Waals surface area contributed by atoms with Crippen molar-refractivity contribution in [1.29, 1.82) is 0 Å². The van der Waals surface area contributed by atoms with Crippen molar-refractivity contribution in [2.45, 2.75) is 66.2 Å². The lowest BCUT2D eigenvalue weighted by molar-refractivity contribution is -0.138. The van der Waals surface area contributed by atoms with E-state index in [0.717, 1.165) is 0 Å². The number of hydrogen-bond donors (Lipinski definition) is 6. The first-order chi connectivity index (χ1) is 21.4. The molecule has 2 amide bonds. The number of benzene rings is 2. The van der Waals surface area contributed by atoms with Gasteiger partial charge in [-0.15, -0.1) is 0 Å². The Labute approximate surface area is 288 Å². The van der Waals surface area contributed by atoms with Crippen molar-refractivity contribution in [3.8, 4) is 0 Å². The van der Waals surface area contributed by atoms with Gasteiger partial charge in [0.15, 0.2) is 11.6 Å². The molecule has 2 aliphatic carbocycles. The van der Waals surface area contributed by atoms with E-state index in [4.69, 9.17) is 33.4 Å². The Morgan fingerprint density at radius 3 is 1.25 bits per heavy atom. The van der Waals surface area contributed by atoms with Gasteiger partial charge in [0.2, 0.25) is 0 Å². The van der Waals surface area contributed by atoms with E-state index in [1.165, 1.54) is 12.1 Å². The molecular formula is C34H40Cl2N2O10. The molecule has 0 fully saturated rings. The Kier molecular flexibility index (Phi) is 13.7. The average Bonchev–Trinajstić information content (AvgIpc) is 3.01. The minimum Gasteiger partial charge on any atom is -0.506 e. The van der Waals surface area contributed by atoms with E-state index in [1.54, 1.807) is 52.0 Å². The van der Waals surface area contributed by atoms with E-state index in [1.807, 2.05) is 0 Å². The molecule has 4 rings (SSSR count). The number of ketones is 2. The summed E-state index contributed by atoms with van der Waals surface area (Å²) in [5.74, 6) is -6.39. The molecule has 2 aliphatic rings. The van der Waals surface area contributed by atoms with Crippen LogP contribution in [0.25, 0.3) is 11.5 Å². The molecule has 2 aromatic rings. The van der Waals surface area contributed by atoms with Gasteiger partial charge < -0.3 is 31.1 Å². The van der Waals surface area contributed by atoms with E-state index in [0.29, 0.717) is 45.1 Å². The summed E-state index contributed by atoms with van der Waals surface area (Å²) in [6.07, 6.45) is 0.812. The number of fused-ring (bicyclic) bond motifs is 2. The zero-order valence-corrected chi connectivity index (χ0v) is 26.8. The van der Waals surface area contributed by atoms with E-state index < -0.39 is 81.9 Å². The second kappa shape index (κ2) is 15.9. The number of amides is 2. The number of nitrogens with one attached hydrogen (secondary N) is 2. The summed E-state index contributed by atoms with van der Waals surface area (Å²) in [7, 11) is 0. The highest BCUT2D eigenvalue weighted by molar-refractivity contribution is 6.32. The summed E-state index contributed by atoms with van der Waals surface area (Å²) < 4.78 is 0. The first kappa shape index (κ1) is 41.3. The maximum atomic E-state index is 12.8. The Morgan fingerprint density at radius 2 is 0.979 bits per heavy atom. The van der Waals surface area contributed by atoms with Gasteiger partial charge in [-0.25, -0.2) is 0 Å². The van der Waals surface area contributed by atoms with Crippen LogP contribution >= 0.6 is 23.2 Å². The summed E-state index contributed by atoms with van der Waals surface area (Å²) >= 11 is 11.9. The lowest BCUT2D eigenvalue weighted by Gasteiger charge is -2.34. The number of aliphatic hydroxyl groups excluding tert-OH is 2. The molecule has 0 radical (unpaired) electrons. The van der Waals surface area contributed by atoms with E-state index in [9.17, 15) is 39.0 Å². The third kappa shape index (κ3) is 7.71. The smallest absolute Gasteiger partial charge is 0.322 e. The molecule has 12 nitrogen and oxygen atoms in total. The lowest BCUT2D eigenvalue weighted by Crippen LogP contribution is -2.43. The largest absolute Gasteiger partial charge is 0.506 e. The SMILES string of the molecule is C.C.CC[C@@]1(C)C(=O)C(C(=O)NCC(=O)O)=C(O)c2cc(Cl)ccc21.CC[C@]1(C)C(=O)C(C(=O)NCC(=O)O)=C(O)c2cc(Cl)ccc21. The predicted molar refractivity (Wildman–Crippen MR) is 182 cm³/mol. The zero-order valence-electron chi connectivity index (χ0n) is 25.3. The number of carbonyl (C=O) groups excluding carboxylic acids is 4. The topological polar surface area (TPSA) is 207 Å². The fourth-order valence-corrected chi connectivity index (χ4v) is 5.62. The maximum absolute atomic E-state index is 12.8. The first-order valence-corrected chi connectivity index (χ1v) is 14.8. The molecule has 14 heteroatoms. The van der Waals surface area contributed by atoms with E-state index in [-0.39, 0.29) is 14.9 Å². The molecule has 0 aromatic heterocycles. The highest BCUT2D eigenvalue weighted by Gasteiger charge is 2.46. The molecule has 0 unspecified atom stereocenters. The van der Waals surface area contributed by atoms with Crippen molar-refractivity contribution in [2.24, 2.45) is 0 Å². The quantitative estimate of drug-likeness (QED) is 0.193. The summed E-state index contributed by atoms with van der Waals surface area (Å²) in [5, 5.41) is 43.0. The fraction of sp³-hybridized carbons (Fsp3) is 0.353. The highest BCUT2D eigenvalue weighted by Crippen LogP contribution is 2.43. The van der Waals surface area contributed by atoms with Crippen molar-refractivity contribution < 1.29 is 49.2 Å². The minimum absolute atomic E-state index is 0. The van der Waals surface area contributed by atoms with Crippen LogP contribution in [0, 0.1) is 0 Å². The van der Waals surface area contributed by atoms with Crippen molar-refractivity contribution in [3.63, 3.8) is 0 Å². The van der Waals surface area contributed by atoms with E-state index in [2.05, 4.69) is 10.6 Å². The molecule has 0 aliphatic heterocycles. The van der Waals surface area contributed by atoms with Crippen LogP contribution in [0.2, 0.25) is 10.0 Å². The standard InChI is InChI=1S/2C16H16ClNO5.2CH4/c2*1-3-16(2)10-5-4-8(17)6-9(10)13(21)12(14(16)22)15(23)18-7-11(19)20;;/h2*4-6,21H,3,7H2,1-2H3,(H,18,23)(H,19,20);2*1H4/t2*16-;;/m10../s1. The number of carbonyl (C=O) groups is 6. The number of rotatable bonds is 8. The van der Waals surface area contributed by atoms with Crippen molar-refractivity contribution in [3.05, 3.63) is 79.8 Å². The lowest BCUT2D eigenvalue weighted by atomic mass is 9.68. The summed E-state index contributed by atoms with van der Waals surface area (Å²) in [4.78, 5) is 71.0. The molecule has 260 valence electrons. The molecule has 0 saturated carbocycles. The van der Waals surface area contributed by atoms with Crippen LogP contribution in [-0.2, 0) is 39.6 Å². The number of aliphatic carboxylic acids is 2. The average molecular weight is 708 g/mol. The monoisotopic (exact) mass is 706 g/mol. The molecule has 0 saturated heterocycles. The van der Waals surface area contributed by atoms with Gasteiger partial charge in [-0.3, -0.25) is 28.8 Å². The second-order valence-corrected chi connectivity index (χ2v) is 11.9. The van der Waals surface area contributed by atoms with Gasteiger partial charge in [-0.05, 0) is 62.1 Å². The molecule has 48 heavy (non-hydrogen) atoms. The predicted octanol–water partition coefficient (Wildman–Crippen LogP) is 5.39.